The molecular formula is C21H29N5O5S. The van der Waals surface area contributed by atoms with Crippen molar-refractivity contribution in [2.75, 3.05) is 31.8 Å². The number of rotatable bonds is 6. The Morgan fingerprint density at radius 2 is 1.97 bits per heavy atom. The number of hydrogen-bond acceptors (Lipinski definition) is 8. The topological polar surface area (TPSA) is 134 Å². The summed E-state index contributed by atoms with van der Waals surface area (Å²) in [5, 5.41) is 16.8. The molecule has 0 radical (unpaired) electrons. The van der Waals surface area contributed by atoms with E-state index in [2.05, 4.69) is 20.6 Å². The quantitative estimate of drug-likeness (QED) is 0.571. The highest BCUT2D eigenvalue weighted by Crippen LogP contribution is 2.26. The van der Waals surface area contributed by atoms with Crippen LogP contribution >= 0.6 is 0 Å². The van der Waals surface area contributed by atoms with Crippen molar-refractivity contribution in [2.24, 2.45) is 0 Å². The average molecular weight is 464 g/mol. The summed E-state index contributed by atoms with van der Waals surface area (Å²) in [7, 11) is -1.57. The highest BCUT2D eigenvalue weighted by atomic mass is 32.2. The molecule has 0 unspecified atom stereocenters. The number of anilines is 1. The fraction of sp³-hybridized carbons (Fsp3) is 0.571. The Morgan fingerprint density at radius 1 is 1.22 bits per heavy atom. The normalized spacial score (nSPS) is 26.4. The van der Waals surface area contributed by atoms with Crippen LogP contribution in [0.15, 0.2) is 24.4 Å². The van der Waals surface area contributed by atoms with E-state index in [1.165, 1.54) is 10.6 Å². The Kier molecular flexibility index (Phi) is 6.61. The summed E-state index contributed by atoms with van der Waals surface area (Å²) >= 11 is 0. The molecule has 1 saturated heterocycles. The van der Waals surface area contributed by atoms with Crippen LogP contribution in [0.5, 0.6) is 0 Å². The predicted molar refractivity (Wildman–Crippen MR) is 120 cm³/mol. The molecule has 1 amide bonds. The van der Waals surface area contributed by atoms with Crippen LogP contribution in [0.2, 0.25) is 0 Å². The number of carbonyl (C=O) groups excluding carboxylic acids is 1. The zero-order valence-corrected chi connectivity index (χ0v) is 19.0. The van der Waals surface area contributed by atoms with Crippen molar-refractivity contribution in [3.8, 4) is 0 Å². The third-order valence-electron chi connectivity index (χ3n) is 6.29. The van der Waals surface area contributed by atoms with E-state index in [1.807, 2.05) is 6.07 Å². The molecule has 0 bridgehead atoms. The van der Waals surface area contributed by atoms with E-state index in [9.17, 15) is 18.3 Å². The minimum absolute atomic E-state index is 0.00536. The van der Waals surface area contributed by atoms with Crippen molar-refractivity contribution >= 4 is 32.8 Å². The number of carbonyl (C=O) groups is 1. The van der Waals surface area contributed by atoms with Gasteiger partial charge in [0.05, 0.1) is 42.7 Å². The van der Waals surface area contributed by atoms with E-state index in [-0.39, 0.29) is 31.2 Å². The van der Waals surface area contributed by atoms with Crippen molar-refractivity contribution < 1.29 is 23.1 Å². The van der Waals surface area contributed by atoms with Crippen molar-refractivity contribution in [1.29, 1.82) is 0 Å². The number of sulfonamides is 1. The summed E-state index contributed by atoms with van der Waals surface area (Å²) in [6.45, 7) is 0.482. The fourth-order valence-corrected chi connectivity index (χ4v) is 5.03. The maximum atomic E-state index is 12.8. The van der Waals surface area contributed by atoms with Crippen LogP contribution in [0.1, 0.15) is 36.0 Å². The van der Waals surface area contributed by atoms with Crippen LogP contribution in [-0.2, 0) is 14.8 Å². The van der Waals surface area contributed by atoms with Crippen molar-refractivity contribution in [3.05, 3.63) is 30.0 Å². The minimum Gasteiger partial charge on any atom is -0.388 e. The molecule has 4 rings (SSSR count). The lowest BCUT2D eigenvalue weighted by atomic mass is 9.91. The van der Waals surface area contributed by atoms with Crippen LogP contribution in [0.25, 0.3) is 10.9 Å². The van der Waals surface area contributed by atoms with Gasteiger partial charge >= 0.3 is 0 Å². The fourth-order valence-electron chi connectivity index (χ4n) is 4.27. The van der Waals surface area contributed by atoms with E-state index in [0.29, 0.717) is 17.0 Å². The highest BCUT2D eigenvalue weighted by molar-refractivity contribution is 7.88. The summed E-state index contributed by atoms with van der Waals surface area (Å²) in [6.07, 6.45) is 5.30. The summed E-state index contributed by atoms with van der Waals surface area (Å²) in [6, 6.07) is 5.00. The van der Waals surface area contributed by atoms with E-state index < -0.39 is 22.2 Å². The third kappa shape index (κ3) is 5.01. The van der Waals surface area contributed by atoms with Crippen LogP contribution in [0, 0.1) is 0 Å². The van der Waals surface area contributed by atoms with Crippen LogP contribution < -0.4 is 10.6 Å². The van der Waals surface area contributed by atoms with Crippen LogP contribution in [0.4, 0.5) is 5.95 Å². The molecular weight excluding hydrogens is 434 g/mol. The summed E-state index contributed by atoms with van der Waals surface area (Å²) in [5.41, 5.74) is 0.937. The van der Waals surface area contributed by atoms with E-state index in [4.69, 9.17) is 4.74 Å². The predicted octanol–water partition coefficient (Wildman–Crippen LogP) is 0.734. The molecule has 32 heavy (non-hydrogen) atoms. The van der Waals surface area contributed by atoms with Gasteiger partial charge < -0.3 is 20.5 Å². The molecule has 0 spiro atoms. The molecule has 174 valence electrons. The lowest BCUT2D eigenvalue weighted by molar-refractivity contribution is 0.0888. The lowest BCUT2D eigenvalue weighted by Crippen LogP contribution is -2.42. The Labute approximate surface area is 187 Å². The Morgan fingerprint density at radius 3 is 2.62 bits per heavy atom. The second kappa shape index (κ2) is 9.26. The Hall–Kier alpha value is -2.34. The van der Waals surface area contributed by atoms with Gasteiger partial charge in [0.15, 0.2) is 0 Å². The van der Waals surface area contributed by atoms with Crippen molar-refractivity contribution in [3.63, 3.8) is 0 Å². The monoisotopic (exact) mass is 463 g/mol. The maximum Gasteiger partial charge on any atom is 0.253 e. The molecule has 2 aromatic rings. The first-order chi connectivity index (χ1) is 15.2. The van der Waals surface area contributed by atoms with Gasteiger partial charge in [-0.3, -0.25) is 4.79 Å². The number of nitrogens with one attached hydrogen (secondary N) is 2. The first kappa shape index (κ1) is 22.8. The number of aromatic nitrogens is 2. The van der Waals surface area contributed by atoms with E-state index >= 15 is 0 Å². The van der Waals surface area contributed by atoms with Crippen molar-refractivity contribution in [2.45, 2.75) is 49.9 Å². The SMILES string of the molecule is CN([C@H]1CC[C@H](Nc2ncc3cccc(C(=O)N[C@H]4COC[C@@H]4O)c3n2)CC1)S(C)(=O)=O. The number of para-hydroxylation sites is 1. The van der Waals surface area contributed by atoms with Crippen molar-refractivity contribution in [1.82, 2.24) is 19.6 Å². The number of aliphatic hydroxyl groups excluding tert-OH is 1. The number of hydrogen-bond donors (Lipinski definition) is 3. The zero-order chi connectivity index (χ0) is 22.9. The van der Waals surface area contributed by atoms with Crippen LogP contribution in [0.3, 0.4) is 0 Å². The number of nitrogens with zero attached hydrogens (tertiary/aromatic N) is 3. The Bertz CT molecular complexity index is 1090. The molecule has 2 fully saturated rings. The second-order valence-corrected chi connectivity index (χ2v) is 10.6. The molecule has 1 aliphatic heterocycles. The van der Waals surface area contributed by atoms with Gasteiger partial charge in [-0.15, -0.1) is 0 Å². The van der Waals surface area contributed by atoms with Gasteiger partial charge in [-0.1, -0.05) is 12.1 Å². The molecule has 1 aromatic heterocycles. The summed E-state index contributed by atoms with van der Waals surface area (Å²) in [4.78, 5) is 21.8. The van der Waals surface area contributed by atoms with Gasteiger partial charge in [-0.25, -0.2) is 22.7 Å². The molecule has 11 heteroatoms. The first-order valence-electron chi connectivity index (χ1n) is 10.7. The van der Waals surface area contributed by atoms with Gasteiger partial charge in [-0.05, 0) is 31.7 Å². The van der Waals surface area contributed by atoms with Crippen LogP contribution in [-0.4, -0.2) is 84.5 Å². The van der Waals surface area contributed by atoms with E-state index in [0.717, 1.165) is 31.1 Å². The molecule has 2 atom stereocenters. The van der Waals surface area contributed by atoms with Gasteiger partial charge in [0.2, 0.25) is 16.0 Å². The molecule has 1 aromatic carbocycles. The largest absolute Gasteiger partial charge is 0.388 e. The minimum atomic E-state index is -3.20. The number of fused-ring (bicyclic) bond motifs is 1. The number of ether oxygens (including phenoxy) is 1. The van der Waals surface area contributed by atoms with Gasteiger partial charge in [0.1, 0.15) is 0 Å². The van der Waals surface area contributed by atoms with E-state index in [1.54, 1.807) is 25.4 Å². The molecule has 1 saturated carbocycles. The molecule has 1 aliphatic carbocycles. The second-order valence-electron chi connectivity index (χ2n) is 8.55. The molecule has 2 aliphatic rings. The van der Waals surface area contributed by atoms with Gasteiger partial charge in [-0.2, -0.15) is 0 Å². The third-order valence-corrected chi connectivity index (χ3v) is 7.63. The number of benzene rings is 1. The molecule has 10 nitrogen and oxygen atoms in total. The Balaban J connectivity index is 1.45. The van der Waals surface area contributed by atoms with Gasteiger partial charge in [0.25, 0.3) is 5.91 Å². The molecule has 3 N–H and O–H groups in total. The average Bonchev–Trinajstić information content (AvgIpc) is 3.17. The number of amides is 1. The zero-order valence-electron chi connectivity index (χ0n) is 18.2. The van der Waals surface area contributed by atoms with Gasteiger partial charge in [0, 0.05) is 30.7 Å². The highest BCUT2D eigenvalue weighted by Gasteiger charge is 2.30. The smallest absolute Gasteiger partial charge is 0.253 e. The standard InChI is InChI=1S/C21H29N5O5S/c1-26(32(2,29)30)15-8-6-14(7-9-15)23-21-22-10-13-4-3-5-16(19(13)25-21)20(28)24-17-11-31-12-18(17)27/h3-5,10,14-15,17-18,27H,6-9,11-12H2,1-2H3,(H,24,28)(H,22,23,25)/t14-,15-,17-,18-/m0/s1. The summed E-state index contributed by atoms with van der Waals surface area (Å²) in [5.74, 6) is 0.112. The molecule has 2 heterocycles. The number of aliphatic hydroxyl groups is 1. The lowest BCUT2D eigenvalue weighted by Gasteiger charge is -2.33. The summed E-state index contributed by atoms with van der Waals surface area (Å²) < 4.78 is 30.2. The first-order valence-corrected chi connectivity index (χ1v) is 12.6. The maximum absolute atomic E-state index is 12.8.